The van der Waals surface area contributed by atoms with Crippen molar-refractivity contribution in [2.75, 3.05) is 26.2 Å². The lowest BCUT2D eigenvalue weighted by molar-refractivity contribution is 0.0690. The van der Waals surface area contributed by atoms with Crippen LogP contribution in [0.4, 0.5) is 0 Å². The fraction of sp³-hybridized carbons (Fsp3) is 1.00. The molecule has 16 heavy (non-hydrogen) atoms. The Bertz CT molecular complexity index is 178. The molecule has 2 nitrogen and oxygen atoms in total. The lowest BCUT2D eigenvalue weighted by Crippen LogP contribution is -2.49. The Morgan fingerprint density at radius 2 is 1.44 bits per heavy atom. The predicted molar refractivity (Wildman–Crippen MR) is 71.8 cm³/mol. The predicted octanol–water partition coefficient (Wildman–Crippen LogP) is 2.74. The Morgan fingerprint density at radius 3 is 1.44 bits per heavy atom. The van der Waals surface area contributed by atoms with Gasteiger partial charge in [0.1, 0.15) is 0 Å². The second-order valence-corrected chi connectivity index (χ2v) is 7.23. The zero-order chi connectivity index (χ0) is 12.4. The summed E-state index contributed by atoms with van der Waals surface area (Å²) in [6, 6.07) is 0. The molecule has 0 spiro atoms. The number of nitrogens with one attached hydrogen (secondary N) is 1. The molecule has 0 aliphatic carbocycles. The van der Waals surface area contributed by atoms with Crippen molar-refractivity contribution in [1.29, 1.82) is 0 Å². The summed E-state index contributed by atoms with van der Waals surface area (Å²) in [5.41, 5.74) is 0.962. The molecule has 96 valence electrons. The molecule has 0 aromatic rings. The van der Waals surface area contributed by atoms with Crippen LogP contribution in [0.2, 0.25) is 0 Å². The van der Waals surface area contributed by atoms with Crippen LogP contribution in [0.5, 0.6) is 0 Å². The van der Waals surface area contributed by atoms with Crippen molar-refractivity contribution in [2.45, 2.75) is 53.5 Å². The van der Waals surface area contributed by atoms with Gasteiger partial charge in [-0.25, -0.2) is 0 Å². The van der Waals surface area contributed by atoms with Gasteiger partial charge in [-0.1, -0.05) is 20.8 Å². The van der Waals surface area contributed by atoms with Gasteiger partial charge in [0.05, 0.1) is 0 Å². The van der Waals surface area contributed by atoms with E-state index >= 15 is 0 Å². The lowest BCUT2D eigenvalue weighted by atomic mass is 9.77. The Labute approximate surface area is 102 Å². The number of hydrogen-bond donors (Lipinski definition) is 1. The van der Waals surface area contributed by atoms with Crippen LogP contribution in [-0.4, -0.2) is 36.6 Å². The summed E-state index contributed by atoms with van der Waals surface area (Å²) in [4.78, 5) is 2.49. The minimum absolute atomic E-state index is 0.429. The average molecular weight is 226 g/mol. The first kappa shape index (κ1) is 14.0. The second kappa shape index (κ2) is 5.05. The smallest absolute Gasteiger partial charge is 0.0125 e. The number of nitrogens with zero attached hydrogens (tertiary/aromatic N) is 1. The third-order valence-electron chi connectivity index (χ3n) is 3.81. The third-order valence-corrected chi connectivity index (χ3v) is 3.81. The Balaban J connectivity index is 0.000000160. The summed E-state index contributed by atoms with van der Waals surface area (Å²) in [6.45, 7) is 18.8. The molecular weight excluding hydrogens is 196 g/mol. The minimum Gasteiger partial charge on any atom is -0.316 e. The molecule has 0 radical (unpaired) electrons. The van der Waals surface area contributed by atoms with Gasteiger partial charge >= 0.3 is 0 Å². The van der Waals surface area contributed by atoms with E-state index in [2.05, 4.69) is 51.8 Å². The first-order valence-electron chi connectivity index (χ1n) is 6.67. The first-order chi connectivity index (χ1) is 7.21. The van der Waals surface area contributed by atoms with Gasteiger partial charge in [0.15, 0.2) is 0 Å². The van der Waals surface area contributed by atoms with Gasteiger partial charge < -0.3 is 5.32 Å². The molecule has 0 aromatic carbocycles. The monoisotopic (exact) mass is 226 g/mol. The van der Waals surface area contributed by atoms with Gasteiger partial charge in [0.2, 0.25) is 0 Å². The van der Waals surface area contributed by atoms with E-state index in [1.165, 1.54) is 32.6 Å². The fourth-order valence-electron chi connectivity index (χ4n) is 1.89. The summed E-state index contributed by atoms with van der Waals surface area (Å²) in [6.07, 6.45) is 1.40. The molecule has 2 heteroatoms. The lowest BCUT2D eigenvalue weighted by Gasteiger charge is -2.42. The SMILES string of the molecule is CC(C)(C)C1CNC1.CC(C)(C)N1CCC1. The molecule has 0 atom stereocenters. The largest absolute Gasteiger partial charge is 0.316 e. The molecule has 0 aromatic heterocycles. The molecule has 0 unspecified atom stereocenters. The molecule has 2 aliphatic heterocycles. The van der Waals surface area contributed by atoms with E-state index in [0.717, 1.165) is 5.92 Å². The molecule has 2 heterocycles. The van der Waals surface area contributed by atoms with Crippen LogP contribution in [0, 0.1) is 11.3 Å². The molecule has 2 saturated heterocycles. The van der Waals surface area contributed by atoms with Crippen molar-refractivity contribution in [3.63, 3.8) is 0 Å². The zero-order valence-electron chi connectivity index (χ0n) is 12.1. The number of likely N-dealkylation sites (tertiary alicyclic amines) is 1. The summed E-state index contributed by atoms with van der Waals surface area (Å²) in [5.74, 6) is 0.919. The van der Waals surface area contributed by atoms with Gasteiger partial charge in [-0.2, -0.15) is 0 Å². The Morgan fingerprint density at radius 1 is 0.938 bits per heavy atom. The third kappa shape index (κ3) is 4.06. The van der Waals surface area contributed by atoms with Crippen molar-refractivity contribution < 1.29 is 0 Å². The highest BCUT2D eigenvalue weighted by atomic mass is 15.2. The highest BCUT2D eigenvalue weighted by Gasteiger charge is 2.29. The molecule has 2 aliphatic rings. The van der Waals surface area contributed by atoms with Gasteiger partial charge in [-0.3, -0.25) is 4.90 Å². The Kier molecular flexibility index (Phi) is 4.42. The van der Waals surface area contributed by atoms with E-state index in [1.54, 1.807) is 0 Å². The minimum atomic E-state index is 0.429. The van der Waals surface area contributed by atoms with Crippen LogP contribution in [0.3, 0.4) is 0 Å². The van der Waals surface area contributed by atoms with E-state index in [9.17, 15) is 0 Å². The molecule has 0 saturated carbocycles. The van der Waals surface area contributed by atoms with Crippen molar-refractivity contribution in [3.8, 4) is 0 Å². The van der Waals surface area contributed by atoms with E-state index in [-0.39, 0.29) is 0 Å². The first-order valence-corrected chi connectivity index (χ1v) is 6.67. The van der Waals surface area contributed by atoms with Gasteiger partial charge in [-0.15, -0.1) is 0 Å². The van der Waals surface area contributed by atoms with E-state index in [4.69, 9.17) is 0 Å². The highest BCUT2D eigenvalue weighted by molar-refractivity contribution is 4.84. The topological polar surface area (TPSA) is 15.3 Å². The normalized spacial score (nSPS) is 22.9. The molecule has 0 bridgehead atoms. The quantitative estimate of drug-likeness (QED) is 0.683. The van der Waals surface area contributed by atoms with E-state index in [0.29, 0.717) is 11.0 Å². The fourth-order valence-corrected chi connectivity index (χ4v) is 1.89. The maximum absolute atomic E-state index is 3.27. The molecular formula is C14H30N2. The molecule has 0 amide bonds. The molecule has 1 N–H and O–H groups in total. The summed E-state index contributed by atoms with van der Waals surface area (Å²) >= 11 is 0. The van der Waals surface area contributed by atoms with Crippen LogP contribution in [0.1, 0.15) is 48.0 Å². The maximum atomic E-state index is 3.27. The van der Waals surface area contributed by atoms with Crippen LogP contribution >= 0.6 is 0 Å². The van der Waals surface area contributed by atoms with Crippen LogP contribution in [0.15, 0.2) is 0 Å². The molecule has 2 fully saturated rings. The standard InChI is InChI=1S/2C7H15N/c1-7(2,3)6-4-8-5-6;1-7(2,3)8-5-4-6-8/h6,8H,4-5H2,1-3H3;4-6H2,1-3H3. The van der Waals surface area contributed by atoms with E-state index < -0.39 is 0 Å². The summed E-state index contributed by atoms with van der Waals surface area (Å²) in [7, 11) is 0. The maximum Gasteiger partial charge on any atom is 0.0125 e. The zero-order valence-corrected chi connectivity index (χ0v) is 12.1. The van der Waals surface area contributed by atoms with Crippen molar-refractivity contribution >= 4 is 0 Å². The van der Waals surface area contributed by atoms with Crippen molar-refractivity contribution in [2.24, 2.45) is 11.3 Å². The van der Waals surface area contributed by atoms with Crippen molar-refractivity contribution in [1.82, 2.24) is 10.2 Å². The number of rotatable bonds is 0. The van der Waals surface area contributed by atoms with Crippen LogP contribution < -0.4 is 5.32 Å². The summed E-state index contributed by atoms with van der Waals surface area (Å²) in [5, 5.41) is 3.27. The number of hydrogen-bond acceptors (Lipinski definition) is 2. The molecule has 2 rings (SSSR count). The van der Waals surface area contributed by atoms with Gasteiger partial charge in [0.25, 0.3) is 0 Å². The van der Waals surface area contributed by atoms with Crippen LogP contribution in [0.25, 0.3) is 0 Å². The van der Waals surface area contributed by atoms with Gasteiger partial charge in [0, 0.05) is 5.54 Å². The second-order valence-electron chi connectivity index (χ2n) is 7.23. The van der Waals surface area contributed by atoms with Crippen LogP contribution in [-0.2, 0) is 0 Å². The highest BCUT2D eigenvalue weighted by Crippen LogP contribution is 2.28. The van der Waals surface area contributed by atoms with Crippen molar-refractivity contribution in [3.05, 3.63) is 0 Å². The van der Waals surface area contributed by atoms with Gasteiger partial charge in [-0.05, 0) is 64.7 Å². The average Bonchev–Trinajstić information content (AvgIpc) is 1.66. The Hall–Kier alpha value is -0.0800. The summed E-state index contributed by atoms with van der Waals surface area (Å²) < 4.78 is 0. The van der Waals surface area contributed by atoms with E-state index in [1.807, 2.05) is 0 Å².